The highest BCUT2D eigenvalue weighted by Gasteiger charge is 2.49. The minimum Gasteiger partial charge on any atom is -0.359 e. The summed E-state index contributed by atoms with van der Waals surface area (Å²) in [7, 11) is 0. The second-order valence-electron chi connectivity index (χ2n) is 6.84. The Balaban J connectivity index is 1.88. The lowest BCUT2D eigenvalue weighted by Gasteiger charge is -2.15. The topological polar surface area (TPSA) is 12.5 Å². The maximum atomic E-state index is 6.11. The molecule has 23 heavy (non-hydrogen) atoms. The predicted octanol–water partition coefficient (Wildman–Crippen LogP) is 4.34. The van der Waals surface area contributed by atoms with Crippen molar-refractivity contribution in [3.05, 3.63) is 77.0 Å². The Morgan fingerprint density at radius 2 is 1.52 bits per heavy atom. The fourth-order valence-electron chi connectivity index (χ4n) is 4.86. The summed E-state index contributed by atoms with van der Waals surface area (Å²) in [5.41, 5.74) is 6.93. The van der Waals surface area contributed by atoms with Crippen molar-refractivity contribution >= 4 is 27.1 Å². The lowest BCUT2D eigenvalue weighted by molar-refractivity contribution is 0.399. The second-order valence-corrected chi connectivity index (χ2v) is 6.84. The van der Waals surface area contributed by atoms with Gasteiger partial charge in [-0.3, -0.25) is 0 Å². The molecule has 106 valence electrons. The Labute approximate surface area is 132 Å². The maximum Gasteiger partial charge on any atom is 0.115 e. The van der Waals surface area contributed by atoms with Gasteiger partial charge in [0, 0.05) is 5.57 Å². The van der Waals surface area contributed by atoms with E-state index in [9.17, 15) is 0 Å². The molecule has 0 spiro atoms. The van der Waals surface area contributed by atoms with Crippen LogP contribution in [0.25, 0.3) is 38.2 Å². The smallest absolute Gasteiger partial charge is 0.115 e. The largest absolute Gasteiger partial charge is 0.359 e. The summed E-state index contributed by atoms with van der Waals surface area (Å²) < 4.78 is 6.11. The molecule has 2 unspecified atom stereocenters. The lowest BCUT2D eigenvalue weighted by atomic mass is 9.86. The summed E-state index contributed by atoms with van der Waals surface area (Å²) in [5, 5.41) is 6.94. The molecule has 1 nitrogen and oxygen atoms in total. The fraction of sp³-hybridized carbons (Fsp3) is 0.0909. The highest BCUT2D eigenvalue weighted by molar-refractivity contribution is 6.17. The van der Waals surface area contributed by atoms with Crippen LogP contribution in [-0.2, 0) is 4.74 Å². The quantitative estimate of drug-likeness (QED) is 0.439. The van der Waals surface area contributed by atoms with E-state index in [4.69, 9.17) is 4.74 Å². The first-order valence-corrected chi connectivity index (χ1v) is 8.19. The fourth-order valence-corrected chi connectivity index (χ4v) is 4.86. The van der Waals surface area contributed by atoms with Crippen LogP contribution in [0.4, 0.5) is 0 Å². The average Bonchev–Trinajstić information content (AvgIpc) is 3.33. The Kier molecular flexibility index (Phi) is 1.58. The molecular formula is C22H12O. The van der Waals surface area contributed by atoms with E-state index in [1.807, 2.05) is 0 Å². The molecule has 0 amide bonds. The van der Waals surface area contributed by atoms with E-state index in [2.05, 4.69) is 60.7 Å². The third-order valence-electron chi connectivity index (χ3n) is 5.79. The summed E-state index contributed by atoms with van der Waals surface area (Å²) in [5.74, 6) is 0. The molecule has 7 rings (SSSR count). The van der Waals surface area contributed by atoms with Crippen molar-refractivity contribution in [1.82, 2.24) is 0 Å². The highest BCUT2D eigenvalue weighted by Crippen LogP contribution is 2.54. The number of epoxide rings is 1. The standard InChI is InChI=1S/C22H12O/c1-2-7-14-13(6-1)16-10-12-5-3-4-11-8-9-15-18(17(11)12)19(16)20(14)22-21(15)23-22/h1-10,21-22H. The van der Waals surface area contributed by atoms with E-state index in [1.54, 1.807) is 0 Å². The molecule has 2 aliphatic carbocycles. The van der Waals surface area contributed by atoms with Gasteiger partial charge < -0.3 is 4.74 Å². The summed E-state index contributed by atoms with van der Waals surface area (Å²) in [6.45, 7) is 0. The van der Waals surface area contributed by atoms with Crippen molar-refractivity contribution in [2.24, 2.45) is 0 Å². The Morgan fingerprint density at radius 3 is 2.48 bits per heavy atom. The van der Waals surface area contributed by atoms with Crippen molar-refractivity contribution in [2.75, 3.05) is 0 Å². The first-order valence-electron chi connectivity index (χ1n) is 8.19. The zero-order valence-electron chi connectivity index (χ0n) is 12.3. The molecule has 4 aromatic rings. The van der Waals surface area contributed by atoms with Gasteiger partial charge in [0.2, 0.25) is 0 Å². The normalized spacial score (nSPS) is 22.5. The van der Waals surface area contributed by atoms with Crippen molar-refractivity contribution in [3.63, 3.8) is 0 Å². The van der Waals surface area contributed by atoms with Gasteiger partial charge in [-0.25, -0.2) is 0 Å². The van der Waals surface area contributed by atoms with Crippen LogP contribution in [0, 0.1) is 0 Å². The van der Waals surface area contributed by atoms with Crippen LogP contribution < -0.4 is 5.22 Å². The molecule has 1 heteroatoms. The van der Waals surface area contributed by atoms with E-state index in [1.165, 1.54) is 54.6 Å². The van der Waals surface area contributed by atoms with Gasteiger partial charge in [0.25, 0.3) is 0 Å². The third-order valence-corrected chi connectivity index (χ3v) is 5.79. The molecule has 0 N–H and O–H groups in total. The Morgan fingerprint density at radius 1 is 0.652 bits per heavy atom. The Bertz CT molecular complexity index is 1250. The monoisotopic (exact) mass is 292 g/mol. The van der Waals surface area contributed by atoms with Gasteiger partial charge in [-0.15, -0.1) is 0 Å². The van der Waals surface area contributed by atoms with Crippen LogP contribution in [0.5, 0.6) is 0 Å². The first-order chi connectivity index (χ1) is 11.4. The number of fused-ring (bicyclic) bond motifs is 6. The summed E-state index contributed by atoms with van der Waals surface area (Å²) >= 11 is 0. The molecule has 3 aliphatic rings. The molecule has 0 saturated carbocycles. The van der Waals surface area contributed by atoms with E-state index in [0.29, 0.717) is 0 Å². The molecular weight excluding hydrogens is 280 g/mol. The zero-order valence-corrected chi connectivity index (χ0v) is 12.3. The van der Waals surface area contributed by atoms with Crippen molar-refractivity contribution < 1.29 is 4.74 Å². The van der Waals surface area contributed by atoms with Crippen LogP contribution in [-0.4, -0.2) is 6.10 Å². The van der Waals surface area contributed by atoms with Crippen molar-refractivity contribution in [2.45, 2.75) is 12.2 Å². The maximum absolute atomic E-state index is 6.11. The van der Waals surface area contributed by atoms with Crippen LogP contribution >= 0.6 is 0 Å². The third kappa shape index (κ3) is 1.08. The number of hydrogen-bond donors (Lipinski definition) is 0. The van der Waals surface area contributed by atoms with Gasteiger partial charge in [0.05, 0.1) is 0 Å². The van der Waals surface area contributed by atoms with E-state index < -0.39 is 0 Å². The molecule has 2 atom stereocenters. The SMILES string of the molecule is c1ccc2c(c1)C1=c3c-2cc2cccc4ccc(c3c42)C2OC12. The number of benzene rings is 4. The van der Waals surface area contributed by atoms with E-state index in [-0.39, 0.29) is 12.2 Å². The van der Waals surface area contributed by atoms with Crippen LogP contribution in [0.1, 0.15) is 17.2 Å². The van der Waals surface area contributed by atoms with Crippen molar-refractivity contribution in [1.29, 1.82) is 0 Å². The number of ether oxygens (including phenoxy) is 1. The average molecular weight is 292 g/mol. The summed E-state index contributed by atoms with van der Waals surface area (Å²) in [6.07, 6.45) is 0.513. The van der Waals surface area contributed by atoms with Gasteiger partial charge in [-0.1, -0.05) is 54.6 Å². The molecule has 1 fully saturated rings. The molecule has 1 aliphatic heterocycles. The molecule has 0 aromatic heterocycles. The number of rotatable bonds is 0. The Hall–Kier alpha value is -2.64. The van der Waals surface area contributed by atoms with E-state index >= 15 is 0 Å². The minimum atomic E-state index is 0.256. The van der Waals surface area contributed by atoms with Gasteiger partial charge in [0.15, 0.2) is 0 Å². The molecule has 1 heterocycles. The van der Waals surface area contributed by atoms with Crippen LogP contribution in [0.3, 0.4) is 0 Å². The van der Waals surface area contributed by atoms with Crippen LogP contribution in [0.2, 0.25) is 0 Å². The zero-order chi connectivity index (χ0) is 14.7. The molecule has 0 bridgehead atoms. The van der Waals surface area contributed by atoms with Gasteiger partial charge in [-0.2, -0.15) is 0 Å². The van der Waals surface area contributed by atoms with Gasteiger partial charge in [0.1, 0.15) is 12.2 Å². The summed E-state index contributed by atoms with van der Waals surface area (Å²) in [6, 6.07) is 22.3. The lowest BCUT2D eigenvalue weighted by Crippen LogP contribution is -2.16. The molecule has 1 saturated heterocycles. The van der Waals surface area contributed by atoms with Crippen molar-refractivity contribution in [3.8, 4) is 11.1 Å². The van der Waals surface area contributed by atoms with E-state index in [0.717, 1.165) is 0 Å². The predicted molar refractivity (Wildman–Crippen MR) is 92.2 cm³/mol. The van der Waals surface area contributed by atoms with Crippen LogP contribution in [0.15, 0.2) is 60.7 Å². The number of hydrogen-bond acceptors (Lipinski definition) is 1. The summed E-state index contributed by atoms with van der Waals surface area (Å²) in [4.78, 5) is 0. The highest BCUT2D eigenvalue weighted by atomic mass is 16.6. The molecule has 4 aromatic carbocycles. The second kappa shape index (κ2) is 3.32. The van der Waals surface area contributed by atoms with Gasteiger partial charge in [-0.05, 0) is 55.1 Å². The minimum absolute atomic E-state index is 0.256. The molecule has 0 radical (unpaired) electrons. The first kappa shape index (κ1) is 11.0. The van der Waals surface area contributed by atoms with Gasteiger partial charge >= 0.3 is 0 Å².